The second-order valence-electron chi connectivity index (χ2n) is 27.3. The van der Waals surface area contributed by atoms with Crippen LogP contribution in [0.25, 0.3) is 0 Å². The normalized spacial score (nSPS) is 18.7. The minimum atomic E-state index is -1.39. The van der Waals surface area contributed by atoms with E-state index in [1.54, 1.807) is 109 Å². The van der Waals surface area contributed by atoms with Crippen LogP contribution in [0, 0.1) is 0 Å². The fraction of sp³-hybridized carbons (Fsp3) is 0.407. The first-order valence-corrected chi connectivity index (χ1v) is 41.0. The van der Waals surface area contributed by atoms with Crippen molar-refractivity contribution in [1.29, 1.82) is 5.34 Å². The van der Waals surface area contributed by atoms with E-state index >= 15 is 0 Å². The van der Waals surface area contributed by atoms with Gasteiger partial charge in [0.25, 0.3) is 23.0 Å². The van der Waals surface area contributed by atoms with Crippen molar-refractivity contribution in [1.82, 2.24) is 48.8 Å². The van der Waals surface area contributed by atoms with E-state index in [0.717, 1.165) is 36.1 Å². The Balaban J connectivity index is 0.000000212. The summed E-state index contributed by atoms with van der Waals surface area (Å²) in [6, 6.07) is 31.8. The summed E-state index contributed by atoms with van der Waals surface area (Å²) in [5, 5.41) is 38.7. The minimum absolute atomic E-state index is 0.0112. The van der Waals surface area contributed by atoms with Crippen molar-refractivity contribution in [2.24, 2.45) is 0 Å². The quantitative estimate of drug-likeness (QED) is 0.00865. The summed E-state index contributed by atoms with van der Waals surface area (Å²) in [6.45, 7) is 0.598. The molecule has 4 aliphatic heterocycles. The van der Waals surface area contributed by atoms with Gasteiger partial charge in [-0.15, -0.1) is 0 Å². The minimum Gasteiger partial charge on any atom is -0.461 e. The topological polar surface area (TPSA) is 506 Å². The molecule has 4 aliphatic rings. The summed E-state index contributed by atoms with van der Waals surface area (Å²) in [4.78, 5) is 158. The number of halogens is 1. The molecule has 4 fully saturated rings. The molecule has 4 aromatic carbocycles. The molecule has 4 aromatic heterocycles. The van der Waals surface area contributed by atoms with Crippen LogP contribution >= 0.6 is 35.7 Å². The zero-order valence-electron chi connectivity index (χ0n) is 73.5. The van der Waals surface area contributed by atoms with Crippen LogP contribution in [0.4, 0.5) is 23.3 Å². The molecule has 0 bridgehead atoms. The number of methoxy groups -OCH3 is 1. The van der Waals surface area contributed by atoms with Crippen molar-refractivity contribution in [3.8, 4) is 0 Å². The van der Waals surface area contributed by atoms with E-state index in [4.69, 9.17) is 82.3 Å². The smallest absolute Gasteiger partial charge is 0.351 e. The maximum Gasteiger partial charge on any atom is 0.351 e. The van der Waals surface area contributed by atoms with Crippen LogP contribution in [0.15, 0.2) is 165 Å². The van der Waals surface area contributed by atoms with Crippen LogP contribution < -0.4 is 55.1 Å². The van der Waals surface area contributed by atoms with Gasteiger partial charge in [-0.05, 0) is 199 Å². The number of hydrogen-bond acceptors (Lipinski definition) is 31. The lowest BCUT2D eigenvalue weighted by atomic mass is 10.1. The van der Waals surface area contributed by atoms with Crippen molar-refractivity contribution in [2.75, 3.05) is 80.6 Å². The molecule has 662 valence electrons. The van der Waals surface area contributed by atoms with Gasteiger partial charge >= 0.3 is 34.7 Å². The van der Waals surface area contributed by atoms with Crippen molar-refractivity contribution in [3.05, 3.63) is 233 Å². The fourth-order valence-corrected chi connectivity index (χ4v) is 12.8. The Hall–Kier alpha value is -11.1. The fourth-order valence-electron chi connectivity index (χ4n) is 12.0. The van der Waals surface area contributed by atoms with E-state index in [-0.39, 0.29) is 142 Å². The third-order valence-electron chi connectivity index (χ3n) is 18.6. The Morgan fingerprint density at radius 1 is 0.492 bits per heavy atom. The van der Waals surface area contributed by atoms with Gasteiger partial charge < -0.3 is 89.2 Å². The Morgan fingerprint density at radius 2 is 0.823 bits per heavy atom. The molecule has 0 aliphatic carbocycles. The molecule has 9 atom stereocenters. The van der Waals surface area contributed by atoms with E-state index in [1.807, 2.05) is 0 Å². The van der Waals surface area contributed by atoms with Gasteiger partial charge in [-0.3, -0.25) is 56.6 Å². The van der Waals surface area contributed by atoms with Gasteiger partial charge in [0, 0.05) is 81.0 Å². The van der Waals surface area contributed by atoms with Gasteiger partial charge in [0.1, 0.15) is 76.9 Å². The first-order chi connectivity index (χ1) is 62.4. The van der Waals surface area contributed by atoms with Gasteiger partial charge in [-0.2, -0.15) is 19.9 Å². The molecule has 0 spiro atoms. The number of carbonyl (C=O) groups excluding carboxylic acids is 8. The van der Waals surface area contributed by atoms with Gasteiger partial charge in [0.15, 0.2) is 0 Å². The molecule has 124 heavy (non-hydrogen) atoms. The molecule has 38 nitrogen and oxygen atoms in total. The van der Waals surface area contributed by atoms with Gasteiger partial charge in [-0.25, -0.2) is 19.2 Å². The Morgan fingerprint density at radius 3 is 1.14 bits per heavy atom. The number of nitrogens with zero attached hydrogens (tertiary/aromatic N) is 8. The summed E-state index contributed by atoms with van der Waals surface area (Å²) in [5.41, 5.74) is 8.06. The number of nitrogen functional groups attached to an aromatic ring is 1. The number of rotatable bonds is 36. The number of hydrogen-bond donors (Lipinski definition) is 9. The Kier molecular flexibility index (Phi) is 37.3. The number of amides is 5. The number of carbonyl (C=O) groups is 8. The number of benzene rings is 4. The van der Waals surface area contributed by atoms with Crippen LogP contribution in [0.2, 0.25) is 0 Å². The number of aromatic nitrogens is 8. The van der Waals surface area contributed by atoms with Gasteiger partial charge in [-0.1, -0.05) is 48.5 Å². The van der Waals surface area contributed by atoms with Crippen LogP contribution in [-0.4, -0.2) is 204 Å². The number of anilines is 4. The molecular formula is C81H99B2ClN14O24S2. The monoisotopic (exact) mass is 1780 g/mol. The van der Waals surface area contributed by atoms with Crippen LogP contribution in [0.5, 0.6) is 0 Å². The maximum absolute atomic E-state index is 12.6. The van der Waals surface area contributed by atoms with Crippen LogP contribution in [0.3, 0.4) is 0 Å². The molecule has 5 amide bonds. The predicted molar refractivity (Wildman–Crippen MR) is 462 cm³/mol. The average molecular weight is 1780 g/mol. The molecule has 0 radical (unpaired) electrons. The van der Waals surface area contributed by atoms with Crippen molar-refractivity contribution in [2.45, 2.75) is 153 Å². The van der Waals surface area contributed by atoms with Crippen molar-refractivity contribution < 1.29 is 97.9 Å². The summed E-state index contributed by atoms with van der Waals surface area (Å²) >= 11 is 7.32. The van der Waals surface area contributed by atoms with Crippen LogP contribution in [0.1, 0.15) is 168 Å². The highest BCUT2D eigenvalue weighted by molar-refractivity contribution is 7.95. The molecule has 12 rings (SSSR count). The zero-order valence-corrected chi connectivity index (χ0v) is 69.9. The molecular weight excluding hydrogens is 1670 g/mol. The molecule has 0 saturated carbocycles. The maximum atomic E-state index is 12.6. The number of ether oxygens (including phenoxy) is 7. The molecule has 10 N–H and O–H groups in total. The predicted octanol–water partition coefficient (Wildman–Crippen LogP) is 4.36. The highest BCUT2D eigenvalue weighted by atomic mass is 35.5. The third kappa shape index (κ3) is 32.2. The third-order valence-corrected chi connectivity index (χ3v) is 19.7. The first kappa shape index (κ1) is 89.2. The first-order valence-electron chi connectivity index (χ1n) is 42.3. The summed E-state index contributed by atoms with van der Waals surface area (Å²) in [5.74, 6) is -2.29. The standard InChI is InChI=1S/C23H29BN4O7S.C23H28N4O7.C18H22BN3O5S.C9H13N3O3.C8H7ClO2/c1-25-19(29)7-9-21(30)33-12-15-2-4-16(5-3-15)22(31)26-18-10-11-28(23(32)27-18)20-8-6-17(35-20)13-34-36-14-24;1-24-19(28)8-10-21(29)33-13-15-3-5-16(6-4-15)22(30)25-18-11-12-27(23(31)26-18)20-9-7-17(34-20)14-32-2;19-11-28-26-10-14-5-6-16(27-14)22-8-7-15(21-18(22)25)20-17(24)13-3-1-12(9-23)2-4-13;10-7-3-4-12(9(14)11-7)8-2-1-6(5-13)15-8;9-8(11)7-3-1-6(5-10)2-4-7/h2-5,10-11,17,20H,6-9,12-14,24H2,1H3,(H,25,29)(H,26,27,31,32);3-6,11-12,17,20H,7-10,13-14H2,1-2H3,(H,24,28)(H,25,26,30,31);1-4,7-8,14,16,23H,5-6,9-11,19H2,(H,20,21,24,25);3-4,6,8,13H,1-2,5H2,(H2,10,11,14);1-4,10H,5H2/t2*17-,20+;14-,16+;6-,8+;/m0000./s1/i24TD;2TD;19TD;;/tm;2?,17-,20+;m;;. The molecule has 8 heterocycles. The van der Waals surface area contributed by atoms with E-state index < -0.39 is 99.0 Å². The van der Waals surface area contributed by atoms with E-state index in [0.29, 0.717) is 97.1 Å². The SMILES string of the molecule is Nc1ccn([C@H]2CC[C@@H](CO)O2)c(=O)n1.O=C(Cl)c1ccc(CO)cc1.[2H]B([3H])CSOC[C@@H]1CC[C@H](n2ccc(NC(=O)c3ccc(CO)cc3)nc2=O)O1.[2H]B([3H])CSOC[C@@H]1CC[C@H](n2ccc(NC(=O)c3ccc(COC(=O)CCC(=O)NC)cc3)nc2=O)O1.[2H]C([3H])OC[C@@H]1CC[C@H](n2ccc(NC(=O)c3ccc(COC(=O)CCC(=O)NC)cc3)nc2=O)O1. The van der Waals surface area contributed by atoms with Crippen LogP contribution in [-0.2, 0) is 87.1 Å². The Labute approximate surface area is 735 Å². The number of aliphatic hydroxyl groups excluding tert-OH is 3. The van der Waals surface area contributed by atoms with E-state index in [9.17, 15) is 57.5 Å². The summed E-state index contributed by atoms with van der Waals surface area (Å²) in [6.07, 6.45) is 8.71. The highest BCUT2D eigenvalue weighted by Crippen LogP contribution is 2.32. The van der Waals surface area contributed by atoms with Gasteiger partial charge in [0.05, 0.1) is 79.6 Å². The number of nitrogens with one attached hydrogen (secondary N) is 5. The zero-order chi connectivity index (χ0) is 94.2. The van der Waals surface area contributed by atoms with Gasteiger partial charge in [0.2, 0.25) is 11.8 Å². The van der Waals surface area contributed by atoms with E-state index in [1.165, 1.54) is 69.2 Å². The largest absolute Gasteiger partial charge is 0.461 e. The average Bonchev–Trinajstić information content (AvgIpc) is 1.66. The molecule has 8 aromatic rings. The summed E-state index contributed by atoms with van der Waals surface area (Å²) < 4.78 is 96.9. The second kappa shape index (κ2) is 51.8. The number of nitrogens with two attached hydrogens (primary N) is 1. The lowest BCUT2D eigenvalue weighted by Gasteiger charge is -2.16. The molecule has 4 saturated heterocycles. The highest BCUT2D eigenvalue weighted by Gasteiger charge is 2.32. The van der Waals surface area contributed by atoms with E-state index in [2.05, 4.69) is 46.5 Å². The number of esters is 2. The lowest BCUT2D eigenvalue weighted by Crippen LogP contribution is -2.28. The number of aliphatic hydroxyl groups is 3. The summed E-state index contributed by atoms with van der Waals surface area (Å²) in [7, 11) is -0.294. The lowest BCUT2D eigenvalue weighted by molar-refractivity contribution is -0.146. The second-order valence-corrected chi connectivity index (χ2v) is 29.2. The molecule has 43 heteroatoms. The molecule has 1 unspecified atom stereocenters. The van der Waals surface area contributed by atoms with Crippen molar-refractivity contribution >= 4 is 121 Å². The van der Waals surface area contributed by atoms with Crippen molar-refractivity contribution in [3.63, 3.8) is 0 Å². The Bertz CT molecular complexity index is 5290.